The zero-order valence-corrected chi connectivity index (χ0v) is 11.9. The average molecular weight is 309 g/mol. The van der Waals surface area contributed by atoms with Crippen LogP contribution >= 0.6 is 11.8 Å². The highest BCUT2D eigenvalue weighted by Crippen LogP contribution is 2.37. The third kappa shape index (κ3) is 3.41. The van der Waals surface area contributed by atoms with Crippen LogP contribution in [-0.2, 0) is 4.79 Å². The summed E-state index contributed by atoms with van der Waals surface area (Å²) in [5.74, 6) is -1.55. The van der Waals surface area contributed by atoms with Crippen molar-refractivity contribution in [1.82, 2.24) is 9.55 Å². The first kappa shape index (κ1) is 14.1. The van der Waals surface area contributed by atoms with Gasteiger partial charge in [-0.2, -0.15) is 0 Å². The number of carbonyl (C=O) groups is 1. The van der Waals surface area contributed by atoms with Gasteiger partial charge in [0.05, 0.1) is 11.4 Å². The first-order chi connectivity index (χ1) is 10.1. The highest BCUT2D eigenvalue weighted by atomic mass is 32.2. The molecule has 1 aliphatic carbocycles. The van der Waals surface area contributed by atoms with Gasteiger partial charge in [0.15, 0.2) is 5.16 Å². The number of rotatable bonds is 5. The number of hydrogen-bond donors (Lipinski definition) is 1. The number of nitrogens with one attached hydrogen (secondary N) is 1. The molecule has 0 spiro atoms. The second-order valence-corrected chi connectivity index (χ2v) is 5.75. The number of anilines is 1. The summed E-state index contributed by atoms with van der Waals surface area (Å²) >= 11 is 1.28. The van der Waals surface area contributed by atoms with Gasteiger partial charge in [0.1, 0.15) is 11.6 Å². The monoisotopic (exact) mass is 309 g/mol. The number of nitrogens with zero attached hydrogens (tertiary/aromatic N) is 2. The molecule has 0 saturated heterocycles. The number of hydrogen-bond acceptors (Lipinski definition) is 3. The van der Waals surface area contributed by atoms with Crippen molar-refractivity contribution in [3.8, 4) is 0 Å². The van der Waals surface area contributed by atoms with Crippen molar-refractivity contribution in [1.29, 1.82) is 0 Å². The zero-order valence-electron chi connectivity index (χ0n) is 11.1. The molecule has 1 fully saturated rings. The third-order valence-electron chi connectivity index (χ3n) is 3.11. The van der Waals surface area contributed by atoms with E-state index < -0.39 is 17.5 Å². The minimum Gasteiger partial charge on any atom is -0.323 e. The van der Waals surface area contributed by atoms with E-state index in [-0.39, 0.29) is 11.4 Å². The SMILES string of the molecule is O=C(CSc1nccn1C1CC1)Nc1cc(F)ccc1F. The molecule has 7 heteroatoms. The standard InChI is InChI=1S/C14H13F2N3OS/c15-9-1-4-11(16)12(7-9)18-13(20)8-21-14-17-5-6-19(14)10-2-3-10/h1,4-7,10H,2-3,8H2,(H,18,20). The highest BCUT2D eigenvalue weighted by molar-refractivity contribution is 7.99. The molecule has 21 heavy (non-hydrogen) atoms. The van der Waals surface area contributed by atoms with Crippen molar-refractivity contribution in [2.24, 2.45) is 0 Å². The van der Waals surface area contributed by atoms with E-state index in [2.05, 4.69) is 10.3 Å². The topological polar surface area (TPSA) is 46.9 Å². The molecule has 1 N–H and O–H groups in total. The Kier molecular flexibility index (Phi) is 3.92. The van der Waals surface area contributed by atoms with Crippen LogP contribution in [0.4, 0.5) is 14.5 Å². The van der Waals surface area contributed by atoms with Crippen molar-refractivity contribution in [3.05, 3.63) is 42.2 Å². The van der Waals surface area contributed by atoms with Crippen molar-refractivity contribution >= 4 is 23.4 Å². The summed E-state index contributed by atoms with van der Waals surface area (Å²) in [4.78, 5) is 16.0. The fourth-order valence-corrected chi connectivity index (χ4v) is 2.78. The largest absolute Gasteiger partial charge is 0.323 e. The maximum Gasteiger partial charge on any atom is 0.234 e. The molecule has 3 rings (SSSR count). The second kappa shape index (κ2) is 5.85. The quantitative estimate of drug-likeness (QED) is 0.863. The second-order valence-electron chi connectivity index (χ2n) is 4.81. The molecule has 0 radical (unpaired) electrons. The molecule has 1 amide bonds. The Morgan fingerprint density at radius 3 is 3.00 bits per heavy atom. The average Bonchev–Trinajstić information content (AvgIpc) is 3.19. The van der Waals surface area contributed by atoms with Gasteiger partial charge in [0.25, 0.3) is 0 Å². The van der Waals surface area contributed by atoms with Gasteiger partial charge in [-0.15, -0.1) is 0 Å². The molecule has 1 aromatic heterocycles. The molecule has 0 bridgehead atoms. The summed E-state index contributed by atoms with van der Waals surface area (Å²) < 4.78 is 28.5. The number of aromatic nitrogens is 2. The summed E-state index contributed by atoms with van der Waals surface area (Å²) in [5.41, 5.74) is -0.147. The highest BCUT2D eigenvalue weighted by Gasteiger charge is 2.25. The van der Waals surface area contributed by atoms with E-state index in [1.807, 2.05) is 10.8 Å². The molecular weight excluding hydrogens is 296 g/mol. The van der Waals surface area contributed by atoms with Gasteiger partial charge in [-0.05, 0) is 25.0 Å². The first-order valence-electron chi connectivity index (χ1n) is 6.54. The number of thioether (sulfide) groups is 1. The van der Waals surface area contributed by atoms with Crippen LogP contribution in [0.25, 0.3) is 0 Å². The molecule has 0 aliphatic heterocycles. The molecular formula is C14H13F2N3OS. The number of halogens is 2. The summed E-state index contributed by atoms with van der Waals surface area (Å²) in [6, 6.07) is 3.44. The number of carbonyl (C=O) groups excluding carboxylic acids is 1. The maximum absolute atomic E-state index is 13.4. The molecule has 2 aromatic rings. The molecule has 1 aromatic carbocycles. The fourth-order valence-electron chi connectivity index (χ4n) is 1.95. The smallest absolute Gasteiger partial charge is 0.234 e. The Morgan fingerprint density at radius 2 is 2.24 bits per heavy atom. The summed E-state index contributed by atoms with van der Waals surface area (Å²) in [7, 11) is 0. The zero-order chi connectivity index (χ0) is 14.8. The minimum atomic E-state index is -0.658. The fraction of sp³-hybridized carbons (Fsp3) is 0.286. The van der Waals surface area contributed by atoms with Gasteiger partial charge < -0.3 is 9.88 Å². The first-order valence-corrected chi connectivity index (χ1v) is 7.52. The predicted octanol–water partition coefficient (Wildman–Crippen LogP) is 3.23. The normalized spacial score (nSPS) is 14.2. The number of amides is 1. The van der Waals surface area contributed by atoms with Crippen molar-refractivity contribution in [3.63, 3.8) is 0 Å². The van der Waals surface area contributed by atoms with Gasteiger partial charge in [0, 0.05) is 24.5 Å². The molecule has 1 saturated carbocycles. The van der Waals surface area contributed by atoms with Crippen LogP contribution < -0.4 is 5.32 Å². The van der Waals surface area contributed by atoms with Crippen LogP contribution in [0.15, 0.2) is 35.7 Å². The van der Waals surface area contributed by atoms with E-state index in [1.54, 1.807) is 6.20 Å². The summed E-state index contributed by atoms with van der Waals surface area (Å²) in [6.45, 7) is 0. The Balaban J connectivity index is 1.59. The third-order valence-corrected chi connectivity index (χ3v) is 4.09. The van der Waals surface area contributed by atoms with Gasteiger partial charge in [-0.1, -0.05) is 11.8 Å². The van der Waals surface area contributed by atoms with Crippen LogP contribution in [-0.4, -0.2) is 21.2 Å². The van der Waals surface area contributed by atoms with E-state index >= 15 is 0 Å². The Bertz CT molecular complexity index is 670. The van der Waals surface area contributed by atoms with Gasteiger partial charge in [-0.25, -0.2) is 13.8 Å². The van der Waals surface area contributed by atoms with E-state index in [0.717, 1.165) is 36.2 Å². The van der Waals surface area contributed by atoms with Gasteiger partial charge >= 0.3 is 0 Å². The van der Waals surface area contributed by atoms with E-state index in [1.165, 1.54) is 11.8 Å². The van der Waals surface area contributed by atoms with Gasteiger partial charge in [-0.3, -0.25) is 4.79 Å². The summed E-state index contributed by atoms with van der Waals surface area (Å²) in [5, 5.41) is 3.14. The maximum atomic E-state index is 13.4. The lowest BCUT2D eigenvalue weighted by Gasteiger charge is -2.07. The van der Waals surface area contributed by atoms with Crippen LogP contribution in [0.2, 0.25) is 0 Å². The molecule has 1 aliphatic rings. The summed E-state index contributed by atoms with van der Waals surface area (Å²) in [6.07, 6.45) is 5.85. The van der Waals surface area contributed by atoms with E-state index in [9.17, 15) is 13.6 Å². The Hall–Kier alpha value is -1.89. The van der Waals surface area contributed by atoms with Crippen molar-refractivity contribution in [2.75, 3.05) is 11.1 Å². The van der Waals surface area contributed by atoms with Crippen LogP contribution in [0.1, 0.15) is 18.9 Å². The molecule has 4 nitrogen and oxygen atoms in total. The minimum absolute atomic E-state index is 0.0969. The van der Waals surface area contributed by atoms with Crippen LogP contribution in [0, 0.1) is 11.6 Å². The lowest BCUT2D eigenvalue weighted by Crippen LogP contribution is -2.15. The van der Waals surface area contributed by atoms with Crippen LogP contribution in [0.5, 0.6) is 0 Å². The number of benzene rings is 1. The van der Waals surface area contributed by atoms with Crippen LogP contribution in [0.3, 0.4) is 0 Å². The molecule has 110 valence electrons. The Morgan fingerprint density at radius 1 is 1.43 bits per heavy atom. The predicted molar refractivity (Wildman–Crippen MR) is 76.2 cm³/mol. The van der Waals surface area contributed by atoms with E-state index in [4.69, 9.17) is 0 Å². The molecule has 0 unspecified atom stereocenters. The number of imidazole rings is 1. The lowest BCUT2D eigenvalue weighted by molar-refractivity contribution is -0.113. The Labute approximate surface area is 124 Å². The molecule has 1 heterocycles. The van der Waals surface area contributed by atoms with E-state index in [0.29, 0.717) is 6.04 Å². The van der Waals surface area contributed by atoms with Crippen molar-refractivity contribution < 1.29 is 13.6 Å². The molecule has 0 atom stereocenters. The van der Waals surface area contributed by atoms with Crippen molar-refractivity contribution in [2.45, 2.75) is 24.0 Å². The lowest BCUT2D eigenvalue weighted by atomic mass is 10.3. The van der Waals surface area contributed by atoms with Gasteiger partial charge in [0.2, 0.25) is 5.91 Å².